The molecule has 0 spiro atoms. The van der Waals surface area contributed by atoms with Crippen molar-refractivity contribution in [2.45, 2.75) is 13.8 Å². The van der Waals surface area contributed by atoms with Crippen molar-refractivity contribution in [2.75, 3.05) is 42.3 Å². The zero-order valence-corrected chi connectivity index (χ0v) is 24.3. The van der Waals surface area contributed by atoms with Crippen molar-refractivity contribution in [3.8, 4) is 11.1 Å². The van der Waals surface area contributed by atoms with E-state index in [4.69, 9.17) is 11.6 Å². The van der Waals surface area contributed by atoms with Crippen LogP contribution < -0.4 is 15.1 Å². The Morgan fingerprint density at radius 1 is 0.878 bits per heavy atom. The first-order valence-corrected chi connectivity index (χ1v) is 13.8. The Labute approximate surface area is 245 Å². The molecule has 208 valence electrons. The maximum atomic E-state index is 13.5. The smallest absolute Gasteiger partial charge is 0.298 e. The predicted molar refractivity (Wildman–Crippen MR) is 167 cm³/mol. The summed E-state index contributed by atoms with van der Waals surface area (Å²) in [6.45, 7) is 5.65. The zero-order chi connectivity index (χ0) is 29.1. The van der Waals surface area contributed by atoms with Crippen LogP contribution in [-0.4, -0.2) is 48.3 Å². The van der Waals surface area contributed by atoms with Crippen molar-refractivity contribution in [1.29, 1.82) is 0 Å². The van der Waals surface area contributed by atoms with Crippen LogP contribution in [0.4, 0.5) is 17.2 Å². The Bertz CT molecular complexity index is 1690. The van der Waals surface area contributed by atoms with E-state index in [0.29, 0.717) is 16.3 Å². The van der Waals surface area contributed by atoms with Gasteiger partial charge in [-0.1, -0.05) is 41.9 Å². The van der Waals surface area contributed by atoms with Crippen molar-refractivity contribution in [1.82, 2.24) is 9.38 Å². The molecule has 0 aliphatic heterocycles. The van der Waals surface area contributed by atoms with Gasteiger partial charge in [0.05, 0.1) is 5.02 Å². The molecule has 1 N–H and O–H groups in total. The molecule has 3 aromatic heterocycles. The number of aryl methyl sites for hydroxylation is 2. The molecule has 7 nitrogen and oxygen atoms in total. The SMILES string of the molecule is Cc1cc(C)nc(N(C)CCN(C)c2ccc(NC(=O)C(=O)c3c(-c4ccccc4)cc4ccc(Cl)cn34)cc2)c1. The fourth-order valence-electron chi connectivity index (χ4n) is 4.87. The molecule has 5 rings (SSSR count). The second-order valence-corrected chi connectivity index (χ2v) is 10.7. The van der Waals surface area contributed by atoms with Crippen molar-refractivity contribution in [2.24, 2.45) is 0 Å². The highest BCUT2D eigenvalue weighted by Crippen LogP contribution is 2.30. The molecule has 0 aliphatic rings. The highest BCUT2D eigenvalue weighted by atomic mass is 35.5. The Kier molecular flexibility index (Phi) is 8.08. The van der Waals surface area contributed by atoms with Crippen molar-refractivity contribution in [3.63, 3.8) is 0 Å². The molecule has 2 aromatic carbocycles. The molecule has 5 aromatic rings. The van der Waals surface area contributed by atoms with Crippen LogP contribution in [0, 0.1) is 13.8 Å². The number of benzene rings is 2. The zero-order valence-electron chi connectivity index (χ0n) is 23.6. The van der Waals surface area contributed by atoms with Crippen LogP contribution in [0.25, 0.3) is 16.6 Å². The van der Waals surface area contributed by atoms with Gasteiger partial charge < -0.3 is 19.5 Å². The van der Waals surface area contributed by atoms with Gasteiger partial charge in [0.15, 0.2) is 0 Å². The molecule has 0 aliphatic carbocycles. The van der Waals surface area contributed by atoms with Gasteiger partial charge in [-0.15, -0.1) is 0 Å². The quantitative estimate of drug-likeness (QED) is 0.160. The van der Waals surface area contributed by atoms with E-state index in [9.17, 15) is 9.59 Å². The first-order chi connectivity index (χ1) is 19.7. The minimum atomic E-state index is -0.717. The number of halogens is 1. The molecule has 41 heavy (non-hydrogen) atoms. The highest BCUT2D eigenvalue weighted by molar-refractivity contribution is 6.47. The number of carbonyl (C=O) groups excluding carboxylic acids is 2. The van der Waals surface area contributed by atoms with Crippen LogP contribution in [-0.2, 0) is 4.79 Å². The first kappa shape index (κ1) is 27.9. The van der Waals surface area contributed by atoms with E-state index in [1.807, 2.05) is 75.6 Å². The molecule has 3 heterocycles. The van der Waals surface area contributed by atoms with Crippen LogP contribution in [0.3, 0.4) is 0 Å². The van der Waals surface area contributed by atoms with Crippen LogP contribution >= 0.6 is 11.6 Å². The Hall–Kier alpha value is -4.62. The molecule has 0 radical (unpaired) electrons. The number of carbonyl (C=O) groups is 2. The predicted octanol–water partition coefficient (Wildman–Crippen LogP) is 6.67. The van der Waals surface area contributed by atoms with Gasteiger partial charge in [-0.2, -0.15) is 0 Å². The Balaban J connectivity index is 1.28. The number of nitrogens with zero attached hydrogens (tertiary/aromatic N) is 4. The number of nitrogens with one attached hydrogen (secondary N) is 1. The number of Topliss-reactive ketones (excluding diaryl/α,β-unsaturated/α-hetero) is 1. The lowest BCUT2D eigenvalue weighted by molar-refractivity contribution is -0.112. The third-order valence-corrected chi connectivity index (χ3v) is 7.27. The number of amides is 1. The van der Waals surface area contributed by atoms with E-state index in [1.165, 1.54) is 5.56 Å². The number of fused-ring (bicyclic) bond motifs is 1. The minimum Gasteiger partial charge on any atom is -0.373 e. The van der Waals surface area contributed by atoms with Crippen LogP contribution in [0.1, 0.15) is 21.7 Å². The normalized spacial score (nSPS) is 11.0. The summed E-state index contributed by atoms with van der Waals surface area (Å²) in [6.07, 6.45) is 1.65. The van der Waals surface area contributed by atoms with E-state index in [0.717, 1.165) is 41.4 Å². The Morgan fingerprint density at radius 2 is 1.59 bits per heavy atom. The fraction of sp³-hybridized carbons (Fsp3) is 0.182. The van der Waals surface area contributed by atoms with E-state index in [-0.39, 0.29) is 5.69 Å². The molecule has 0 saturated carbocycles. The Morgan fingerprint density at radius 3 is 2.29 bits per heavy atom. The number of rotatable bonds is 9. The van der Waals surface area contributed by atoms with Gasteiger partial charge in [-0.05, 0) is 79.6 Å². The van der Waals surface area contributed by atoms with E-state index < -0.39 is 11.7 Å². The van der Waals surface area contributed by atoms with Gasteiger partial charge in [0.2, 0.25) is 0 Å². The molecular formula is C33H32ClN5O2. The molecule has 0 saturated heterocycles. The second kappa shape index (κ2) is 11.9. The van der Waals surface area contributed by atoms with E-state index in [2.05, 4.69) is 39.2 Å². The summed E-state index contributed by atoms with van der Waals surface area (Å²) in [5, 5.41) is 3.24. The van der Waals surface area contributed by atoms with Gasteiger partial charge in [-0.25, -0.2) is 4.98 Å². The summed E-state index contributed by atoms with van der Waals surface area (Å²) >= 11 is 6.24. The van der Waals surface area contributed by atoms with Crippen molar-refractivity contribution < 1.29 is 9.59 Å². The van der Waals surface area contributed by atoms with Crippen LogP contribution in [0.2, 0.25) is 5.02 Å². The van der Waals surface area contributed by atoms with Gasteiger partial charge in [0.25, 0.3) is 11.7 Å². The number of ketones is 1. The molecule has 0 unspecified atom stereocenters. The third-order valence-electron chi connectivity index (χ3n) is 7.05. The summed E-state index contributed by atoms with van der Waals surface area (Å²) < 4.78 is 1.68. The molecule has 0 atom stereocenters. The van der Waals surface area contributed by atoms with E-state index in [1.54, 1.807) is 28.8 Å². The number of aromatic nitrogens is 2. The van der Waals surface area contributed by atoms with Gasteiger partial charge in [-0.3, -0.25) is 9.59 Å². The second-order valence-electron chi connectivity index (χ2n) is 10.2. The third kappa shape index (κ3) is 6.26. The lowest BCUT2D eigenvalue weighted by Crippen LogP contribution is -2.31. The maximum Gasteiger partial charge on any atom is 0.298 e. The summed E-state index contributed by atoms with van der Waals surface area (Å²) in [7, 11) is 4.06. The summed E-state index contributed by atoms with van der Waals surface area (Å²) in [4.78, 5) is 35.6. The lowest BCUT2D eigenvalue weighted by Gasteiger charge is -2.25. The number of anilines is 3. The number of hydrogen-bond acceptors (Lipinski definition) is 5. The summed E-state index contributed by atoms with van der Waals surface area (Å²) in [6, 6.07) is 26.6. The average molecular weight is 566 g/mol. The topological polar surface area (TPSA) is 70.0 Å². The standard InChI is InChI=1S/C33H32ClN5O2/c1-22-18-23(2)35-30(19-22)38(4)17-16-37(3)27-14-11-26(12-15-27)36-33(41)32(40)31-29(24-8-6-5-7-9-24)20-28-13-10-25(34)21-39(28)31/h5-15,18-21H,16-17H2,1-4H3,(H,36,41). The fourth-order valence-corrected chi connectivity index (χ4v) is 5.03. The molecular weight excluding hydrogens is 534 g/mol. The summed E-state index contributed by atoms with van der Waals surface area (Å²) in [5.41, 5.74) is 6.28. The van der Waals surface area contributed by atoms with E-state index >= 15 is 0 Å². The van der Waals surface area contributed by atoms with Gasteiger partial charge in [0.1, 0.15) is 11.5 Å². The number of likely N-dealkylation sites (N-methyl/N-ethyl adjacent to an activating group) is 2. The van der Waals surface area contributed by atoms with Gasteiger partial charge >= 0.3 is 0 Å². The minimum absolute atomic E-state index is 0.268. The molecule has 8 heteroatoms. The average Bonchev–Trinajstić information content (AvgIpc) is 3.34. The number of hydrogen-bond donors (Lipinski definition) is 1. The van der Waals surface area contributed by atoms with Crippen LogP contribution in [0.5, 0.6) is 0 Å². The molecule has 1 amide bonds. The van der Waals surface area contributed by atoms with Crippen molar-refractivity contribution >= 4 is 46.0 Å². The van der Waals surface area contributed by atoms with Crippen LogP contribution in [0.15, 0.2) is 91.1 Å². The van der Waals surface area contributed by atoms with Gasteiger partial charge in [0, 0.05) is 61.5 Å². The maximum absolute atomic E-state index is 13.5. The first-order valence-electron chi connectivity index (χ1n) is 13.4. The largest absolute Gasteiger partial charge is 0.373 e. The lowest BCUT2D eigenvalue weighted by atomic mass is 10.0. The van der Waals surface area contributed by atoms with Crippen molar-refractivity contribution in [3.05, 3.63) is 113 Å². The highest BCUT2D eigenvalue weighted by Gasteiger charge is 2.25. The molecule has 0 fully saturated rings. The summed E-state index contributed by atoms with van der Waals surface area (Å²) in [5.74, 6) is -0.409. The monoisotopic (exact) mass is 565 g/mol. The molecule has 0 bridgehead atoms. The number of pyridine rings is 2.